The molecule has 1 aromatic rings. The van der Waals surface area contributed by atoms with Crippen LogP contribution in [0.4, 0.5) is 4.79 Å². The van der Waals surface area contributed by atoms with Crippen LogP contribution < -0.4 is 15.5 Å². The molecule has 5 nitrogen and oxygen atoms in total. The zero-order valence-electron chi connectivity index (χ0n) is 13.6. The molecule has 2 rings (SSSR count). The van der Waals surface area contributed by atoms with Gasteiger partial charge >= 0.3 is 6.03 Å². The Kier molecular flexibility index (Phi) is 5.55. The molecule has 1 aliphatic rings. The number of rotatable bonds is 6. The van der Waals surface area contributed by atoms with Crippen molar-refractivity contribution in [2.75, 3.05) is 13.6 Å². The van der Waals surface area contributed by atoms with Gasteiger partial charge in [0.05, 0.1) is 6.04 Å². The molecule has 0 radical (unpaired) electrons. The van der Waals surface area contributed by atoms with Crippen molar-refractivity contribution >= 4 is 11.9 Å². The fraction of sp³-hybridized carbons (Fsp3) is 0.529. The topological polar surface area (TPSA) is 62.6 Å². The fourth-order valence-corrected chi connectivity index (χ4v) is 2.56. The number of hydrogen-bond acceptors (Lipinski definition) is 2. The lowest BCUT2D eigenvalue weighted by Crippen LogP contribution is -3.13. The lowest BCUT2D eigenvalue weighted by Gasteiger charge is -2.19. The van der Waals surface area contributed by atoms with Gasteiger partial charge in [0, 0.05) is 25.5 Å². The summed E-state index contributed by atoms with van der Waals surface area (Å²) in [7, 11) is 1.50. The quantitative estimate of drug-likeness (QED) is 0.728. The number of nitrogens with one attached hydrogen (secondary N) is 3. The van der Waals surface area contributed by atoms with E-state index in [1.54, 1.807) is 0 Å². The van der Waals surface area contributed by atoms with E-state index in [-0.39, 0.29) is 5.91 Å². The number of amides is 3. The average Bonchev–Trinajstić information content (AvgIpc) is 3.31. The number of imide groups is 1. The summed E-state index contributed by atoms with van der Waals surface area (Å²) < 4.78 is 0. The van der Waals surface area contributed by atoms with Gasteiger partial charge in [-0.1, -0.05) is 38.1 Å². The Labute approximate surface area is 132 Å². The molecule has 0 aromatic heterocycles. The van der Waals surface area contributed by atoms with Crippen LogP contribution in [-0.2, 0) is 11.3 Å². The normalized spacial score (nSPS) is 15.5. The molecule has 0 aliphatic heterocycles. The number of urea groups is 1. The summed E-state index contributed by atoms with van der Waals surface area (Å²) in [6, 6.07) is 8.72. The van der Waals surface area contributed by atoms with E-state index in [2.05, 4.69) is 48.7 Å². The van der Waals surface area contributed by atoms with Crippen LogP contribution in [0.15, 0.2) is 24.3 Å². The second kappa shape index (κ2) is 7.40. The van der Waals surface area contributed by atoms with Crippen molar-refractivity contribution < 1.29 is 14.5 Å². The van der Waals surface area contributed by atoms with Crippen LogP contribution in [0.25, 0.3) is 0 Å². The van der Waals surface area contributed by atoms with Gasteiger partial charge in [-0.3, -0.25) is 10.1 Å². The Morgan fingerprint density at radius 1 is 1.23 bits per heavy atom. The number of benzene rings is 1. The Hall–Kier alpha value is -1.88. The molecule has 1 fully saturated rings. The Bertz CT molecular complexity index is 521. The van der Waals surface area contributed by atoms with Gasteiger partial charge in [0.25, 0.3) is 5.91 Å². The third-order valence-corrected chi connectivity index (χ3v) is 4.10. The SMILES string of the molecule is CNC(=O)NC(=O)C[NH+](Cc1ccc(C(C)C)cc1)C1CC1. The van der Waals surface area contributed by atoms with Crippen LogP contribution in [0.1, 0.15) is 43.7 Å². The molecule has 3 amide bonds. The van der Waals surface area contributed by atoms with E-state index in [4.69, 9.17) is 0 Å². The van der Waals surface area contributed by atoms with Crippen molar-refractivity contribution in [3.8, 4) is 0 Å². The van der Waals surface area contributed by atoms with Crippen molar-refractivity contribution in [3.63, 3.8) is 0 Å². The molecule has 1 aromatic carbocycles. The first-order valence-electron chi connectivity index (χ1n) is 7.94. The first kappa shape index (κ1) is 16.5. The molecule has 120 valence electrons. The second-order valence-electron chi connectivity index (χ2n) is 6.31. The number of hydrogen-bond donors (Lipinski definition) is 3. The van der Waals surface area contributed by atoms with E-state index in [0.717, 1.165) is 19.4 Å². The minimum Gasteiger partial charge on any atom is -0.341 e. The minimum atomic E-state index is -0.443. The molecule has 0 saturated heterocycles. The molecule has 5 heteroatoms. The molecule has 0 heterocycles. The number of carbonyl (C=O) groups is 2. The van der Waals surface area contributed by atoms with E-state index in [0.29, 0.717) is 18.5 Å². The zero-order valence-corrected chi connectivity index (χ0v) is 13.6. The van der Waals surface area contributed by atoms with Crippen LogP contribution in [0.3, 0.4) is 0 Å². The standard InChI is InChI=1S/C17H25N3O2/c1-12(2)14-6-4-13(5-7-14)10-20(15-8-9-15)11-16(21)19-17(22)18-3/h4-7,12,15H,8-11H2,1-3H3,(H2,18,19,21,22)/p+1. The lowest BCUT2D eigenvalue weighted by molar-refractivity contribution is -0.917. The monoisotopic (exact) mass is 304 g/mol. The van der Waals surface area contributed by atoms with E-state index >= 15 is 0 Å². The molecule has 1 aliphatic carbocycles. The van der Waals surface area contributed by atoms with Gasteiger partial charge in [-0.15, -0.1) is 0 Å². The van der Waals surface area contributed by atoms with Crippen LogP contribution >= 0.6 is 0 Å². The summed E-state index contributed by atoms with van der Waals surface area (Å²) in [6.45, 7) is 5.52. The number of carbonyl (C=O) groups excluding carboxylic acids is 2. The lowest BCUT2D eigenvalue weighted by atomic mass is 10.0. The van der Waals surface area contributed by atoms with Gasteiger partial charge in [-0.25, -0.2) is 4.79 Å². The van der Waals surface area contributed by atoms with Crippen molar-refractivity contribution in [1.29, 1.82) is 0 Å². The largest absolute Gasteiger partial charge is 0.341 e. The molecular weight excluding hydrogens is 278 g/mol. The van der Waals surface area contributed by atoms with Crippen molar-refractivity contribution in [2.45, 2.75) is 45.2 Å². The Balaban J connectivity index is 1.94. The van der Waals surface area contributed by atoms with Gasteiger partial charge in [0.2, 0.25) is 0 Å². The zero-order chi connectivity index (χ0) is 16.1. The molecular formula is C17H26N3O2+. The molecule has 0 spiro atoms. The Morgan fingerprint density at radius 3 is 2.36 bits per heavy atom. The highest BCUT2D eigenvalue weighted by atomic mass is 16.2. The first-order chi connectivity index (χ1) is 10.5. The van der Waals surface area contributed by atoms with E-state index in [1.165, 1.54) is 23.1 Å². The maximum atomic E-state index is 11.9. The molecule has 1 unspecified atom stereocenters. The van der Waals surface area contributed by atoms with Crippen LogP contribution in [0, 0.1) is 0 Å². The summed E-state index contributed by atoms with van der Waals surface area (Å²) in [6.07, 6.45) is 2.32. The predicted molar refractivity (Wildman–Crippen MR) is 85.7 cm³/mol. The van der Waals surface area contributed by atoms with Gasteiger partial charge in [-0.05, 0) is 11.5 Å². The van der Waals surface area contributed by atoms with E-state index < -0.39 is 6.03 Å². The van der Waals surface area contributed by atoms with E-state index in [9.17, 15) is 9.59 Å². The second-order valence-corrected chi connectivity index (χ2v) is 6.31. The van der Waals surface area contributed by atoms with Crippen molar-refractivity contribution in [1.82, 2.24) is 10.6 Å². The highest BCUT2D eigenvalue weighted by Crippen LogP contribution is 2.17. The fourth-order valence-electron chi connectivity index (χ4n) is 2.56. The summed E-state index contributed by atoms with van der Waals surface area (Å²) in [5, 5.41) is 4.74. The first-order valence-corrected chi connectivity index (χ1v) is 7.94. The predicted octanol–water partition coefficient (Wildman–Crippen LogP) is 0.813. The van der Waals surface area contributed by atoms with Gasteiger partial charge in [0.1, 0.15) is 6.54 Å². The third-order valence-electron chi connectivity index (χ3n) is 4.10. The van der Waals surface area contributed by atoms with Crippen molar-refractivity contribution in [2.24, 2.45) is 0 Å². The average molecular weight is 304 g/mol. The molecule has 1 saturated carbocycles. The van der Waals surface area contributed by atoms with Gasteiger partial charge < -0.3 is 10.2 Å². The highest BCUT2D eigenvalue weighted by molar-refractivity contribution is 5.94. The van der Waals surface area contributed by atoms with Gasteiger partial charge in [-0.2, -0.15) is 0 Å². The van der Waals surface area contributed by atoms with Gasteiger partial charge in [0.15, 0.2) is 6.54 Å². The maximum absolute atomic E-state index is 11.9. The summed E-state index contributed by atoms with van der Waals surface area (Å²) in [4.78, 5) is 24.3. The highest BCUT2D eigenvalue weighted by Gasteiger charge is 2.34. The van der Waals surface area contributed by atoms with Crippen LogP contribution in [0.2, 0.25) is 0 Å². The summed E-state index contributed by atoms with van der Waals surface area (Å²) >= 11 is 0. The molecule has 1 atom stereocenters. The summed E-state index contributed by atoms with van der Waals surface area (Å²) in [5.74, 6) is 0.305. The minimum absolute atomic E-state index is 0.222. The molecule has 0 bridgehead atoms. The van der Waals surface area contributed by atoms with Crippen molar-refractivity contribution in [3.05, 3.63) is 35.4 Å². The third kappa shape index (κ3) is 4.84. The molecule has 22 heavy (non-hydrogen) atoms. The number of quaternary nitrogens is 1. The molecule has 3 N–H and O–H groups in total. The maximum Gasteiger partial charge on any atom is 0.321 e. The van der Waals surface area contributed by atoms with Crippen LogP contribution in [0.5, 0.6) is 0 Å². The van der Waals surface area contributed by atoms with Crippen LogP contribution in [-0.4, -0.2) is 31.6 Å². The smallest absolute Gasteiger partial charge is 0.321 e. The Morgan fingerprint density at radius 2 is 1.86 bits per heavy atom. The van der Waals surface area contributed by atoms with E-state index in [1.807, 2.05) is 0 Å². The summed E-state index contributed by atoms with van der Waals surface area (Å²) in [5.41, 5.74) is 2.56.